The lowest BCUT2D eigenvalue weighted by Crippen LogP contribution is -2.22. The van der Waals surface area contributed by atoms with E-state index in [1.54, 1.807) is 0 Å². The third-order valence-corrected chi connectivity index (χ3v) is 5.31. The van der Waals surface area contributed by atoms with Crippen molar-refractivity contribution in [3.8, 4) is 0 Å². The van der Waals surface area contributed by atoms with E-state index in [0.29, 0.717) is 46.2 Å². The van der Waals surface area contributed by atoms with Gasteiger partial charge in [-0.2, -0.15) is 0 Å². The van der Waals surface area contributed by atoms with Gasteiger partial charge >= 0.3 is 5.97 Å². The van der Waals surface area contributed by atoms with Crippen LogP contribution in [0.4, 0.5) is 0 Å². The fourth-order valence-corrected chi connectivity index (χ4v) is 3.43. The van der Waals surface area contributed by atoms with Gasteiger partial charge in [-0.05, 0) is 72.6 Å². The number of rotatable bonds is 17. The number of hydrogen-bond donors (Lipinski definition) is 0. The number of hydrogen-bond acceptors (Lipinski definition) is 5. The van der Waals surface area contributed by atoms with Gasteiger partial charge in [-0.15, -0.1) is 0 Å². The second kappa shape index (κ2) is 18.2. The Kier molecular flexibility index (Phi) is 16.2. The van der Waals surface area contributed by atoms with Crippen molar-refractivity contribution in [2.75, 3.05) is 46.2 Å². The van der Waals surface area contributed by atoms with Gasteiger partial charge in [-0.25, -0.2) is 0 Å². The highest BCUT2D eigenvalue weighted by atomic mass is 16.6. The van der Waals surface area contributed by atoms with E-state index in [1.165, 1.54) is 16.7 Å². The fraction of sp³-hybridized carbons (Fsp3) is 0.731. The van der Waals surface area contributed by atoms with E-state index < -0.39 is 0 Å². The zero-order valence-corrected chi connectivity index (χ0v) is 20.3. The Morgan fingerprint density at radius 1 is 0.968 bits per heavy atom. The molecule has 1 rings (SSSR count). The maximum atomic E-state index is 12.2. The number of esters is 1. The summed E-state index contributed by atoms with van der Waals surface area (Å²) in [6, 6.07) is 0. The average molecular weight is 437 g/mol. The summed E-state index contributed by atoms with van der Waals surface area (Å²) in [5.74, 6) is -0.103. The second-order valence-corrected chi connectivity index (χ2v) is 8.33. The first kappa shape index (κ1) is 27.6. The van der Waals surface area contributed by atoms with Crippen LogP contribution >= 0.6 is 0 Å². The van der Waals surface area contributed by atoms with E-state index in [-0.39, 0.29) is 11.9 Å². The molecule has 5 heteroatoms. The second-order valence-electron chi connectivity index (χ2n) is 8.33. The Bertz CT molecular complexity index is 572. The molecule has 1 atom stereocenters. The Balaban J connectivity index is 2.08. The largest absolute Gasteiger partial charge is 0.463 e. The molecule has 0 saturated carbocycles. The monoisotopic (exact) mass is 436 g/mol. The molecule has 178 valence electrons. The summed E-state index contributed by atoms with van der Waals surface area (Å²) < 4.78 is 21.4. The summed E-state index contributed by atoms with van der Waals surface area (Å²) in [6.07, 6.45) is 14.1. The van der Waals surface area contributed by atoms with Crippen LogP contribution in [0.15, 0.2) is 34.9 Å². The topological polar surface area (TPSA) is 54.0 Å². The fourth-order valence-electron chi connectivity index (χ4n) is 3.43. The van der Waals surface area contributed by atoms with Crippen molar-refractivity contribution >= 4 is 5.97 Å². The minimum absolute atomic E-state index is 0.00741. The molecule has 0 aromatic heterocycles. The molecule has 1 unspecified atom stereocenters. The van der Waals surface area contributed by atoms with Gasteiger partial charge in [0.1, 0.15) is 6.61 Å². The van der Waals surface area contributed by atoms with Crippen molar-refractivity contribution in [1.29, 1.82) is 0 Å². The molecule has 0 heterocycles. The maximum absolute atomic E-state index is 12.2. The van der Waals surface area contributed by atoms with Crippen molar-refractivity contribution in [1.82, 2.24) is 0 Å². The van der Waals surface area contributed by atoms with Crippen LogP contribution in [0.2, 0.25) is 0 Å². The predicted octanol–water partition coefficient (Wildman–Crippen LogP) is 5.80. The molecule has 0 aliphatic heterocycles. The van der Waals surface area contributed by atoms with E-state index in [2.05, 4.69) is 39.0 Å². The van der Waals surface area contributed by atoms with Gasteiger partial charge < -0.3 is 18.9 Å². The highest BCUT2D eigenvalue weighted by Gasteiger charge is 2.22. The van der Waals surface area contributed by atoms with Gasteiger partial charge in [0.05, 0.1) is 39.0 Å². The predicted molar refractivity (Wildman–Crippen MR) is 126 cm³/mol. The van der Waals surface area contributed by atoms with Crippen LogP contribution in [0, 0.1) is 5.92 Å². The molecule has 1 aliphatic carbocycles. The average Bonchev–Trinajstić information content (AvgIpc) is 2.75. The third kappa shape index (κ3) is 15.1. The van der Waals surface area contributed by atoms with E-state index in [0.717, 1.165) is 44.9 Å². The molecule has 0 aromatic rings. The number of carbonyl (C=O) groups excluding carboxylic acids is 1. The van der Waals surface area contributed by atoms with Crippen LogP contribution in [-0.2, 0) is 23.7 Å². The number of ether oxygens (including phenoxy) is 4. The van der Waals surface area contributed by atoms with Crippen LogP contribution < -0.4 is 0 Å². The van der Waals surface area contributed by atoms with E-state index >= 15 is 0 Å². The Hall–Kier alpha value is -1.43. The van der Waals surface area contributed by atoms with E-state index in [4.69, 9.17) is 18.9 Å². The molecule has 0 aromatic carbocycles. The quantitative estimate of drug-likeness (QED) is 0.164. The minimum Gasteiger partial charge on any atom is -0.463 e. The highest BCUT2D eigenvalue weighted by molar-refractivity contribution is 5.72. The van der Waals surface area contributed by atoms with Gasteiger partial charge in [0.2, 0.25) is 0 Å². The molecule has 0 spiro atoms. The molecule has 0 N–H and O–H groups in total. The first-order chi connectivity index (χ1) is 15.0. The van der Waals surface area contributed by atoms with Crippen LogP contribution in [0.3, 0.4) is 0 Å². The summed E-state index contributed by atoms with van der Waals surface area (Å²) in [4.78, 5) is 12.2. The molecule has 31 heavy (non-hydrogen) atoms. The van der Waals surface area contributed by atoms with Gasteiger partial charge in [-0.1, -0.05) is 34.9 Å². The summed E-state index contributed by atoms with van der Waals surface area (Å²) in [5.41, 5.74) is 4.33. The van der Waals surface area contributed by atoms with Gasteiger partial charge in [0.15, 0.2) is 0 Å². The lowest BCUT2D eigenvalue weighted by Gasteiger charge is -2.20. The van der Waals surface area contributed by atoms with Gasteiger partial charge in [-0.3, -0.25) is 4.79 Å². The van der Waals surface area contributed by atoms with Crippen molar-refractivity contribution in [2.24, 2.45) is 5.92 Å². The van der Waals surface area contributed by atoms with Crippen LogP contribution in [0.25, 0.3) is 0 Å². The Morgan fingerprint density at radius 2 is 1.65 bits per heavy atom. The van der Waals surface area contributed by atoms with Crippen LogP contribution in [-0.4, -0.2) is 52.2 Å². The lowest BCUT2D eigenvalue weighted by atomic mass is 9.87. The molecule has 0 saturated heterocycles. The van der Waals surface area contributed by atoms with Crippen LogP contribution in [0.1, 0.15) is 72.6 Å². The normalized spacial score (nSPS) is 16.7. The summed E-state index contributed by atoms with van der Waals surface area (Å²) in [7, 11) is 0. The summed E-state index contributed by atoms with van der Waals surface area (Å²) in [6.45, 7) is 12.1. The molecular weight excluding hydrogens is 392 g/mol. The zero-order valence-electron chi connectivity index (χ0n) is 20.3. The first-order valence-electron chi connectivity index (χ1n) is 11.9. The van der Waals surface area contributed by atoms with Gasteiger partial charge in [0.25, 0.3) is 0 Å². The summed E-state index contributed by atoms with van der Waals surface area (Å²) >= 11 is 0. The zero-order chi connectivity index (χ0) is 22.7. The van der Waals surface area contributed by atoms with Crippen molar-refractivity contribution in [3.05, 3.63) is 34.9 Å². The minimum atomic E-state index is -0.0955. The standard InChI is InChI=1S/C26H44O5/c1-5-28-16-17-29-18-19-30-20-21-31-26(27)25-14-12-24(13-15-25)11-7-10-23(4)9-6-8-22(2)3/h8,10,12,25H,5-7,9,11,13-21H2,1-4H3. The maximum Gasteiger partial charge on any atom is 0.309 e. The molecule has 0 amide bonds. The van der Waals surface area contributed by atoms with E-state index in [9.17, 15) is 4.79 Å². The molecule has 5 nitrogen and oxygen atoms in total. The highest BCUT2D eigenvalue weighted by Crippen LogP contribution is 2.27. The molecule has 0 radical (unpaired) electrons. The molecule has 0 fully saturated rings. The molecule has 0 bridgehead atoms. The third-order valence-electron chi connectivity index (χ3n) is 5.31. The first-order valence-corrected chi connectivity index (χ1v) is 11.9. The number of allylic oxidation sites excluding steroid dienone is 6. The van der Waals surface area contributed by atoms with Crippen molar-refractivity contribution in [3.63, 3.8) is 0 Å². The SMILES string of the molecule is CCOCCOCCOCCOC(=O)C1CC=C(CCC=C(C)CCC=C(C)C)CC1. The Labute approximate surface area is 189 Å². The smallest absolute Gasteiger partial charge is 0.309 e. The Morgan fingerprint density at radius 3 is 2.26 bits per heavy atom. The van der Waals surface area contributed by atoms with Crippen molar-refractivity contribution < 1.29 is 23.7 Å². The molecular formula is C26H44O5. The van der Waals surface area contributed by atoms with Crippen molar-refractivity contribution in [2.45, 2.75) is 72.6 Å². The number of carbonyl (C=O) groups is 1. The van der Waals surface area contributed by atoms with Gasteiger partial charge in [0, 0.05) is 6.61 Å². The van der Waals surface area contributed by atoms with Crippen LogP contribution in [0.5, 0.6) is 0 Å². The lowest BCUT2D eigenvalue weighted by molar-refractivity contribution is -0.150. The molecule has 1 aliphatic rings. The summed E-state index contributed by atoms with van der Waals surface area (Å²) in [5, 5.41) is 0. The van der Waals surface area contributed by atoms with E-state index in [1.807, 2.05) is 6.92 Å².